The maximum absolute atomic E-state index is 12.1. The molecule has 4 aromatic rings. The Morgan fingerprint density at radius 3 is 2.46 bits per heavy atom. The second-order valence-corrected chi connectivity index (χ2v) is 11.8. The molecule has 5 aliphatic rings. The van der Waals surface area contributed by atoms with Gasteiger partial charge in [0.2, 0.25) is 0 Å². The van der Waals surface area contributed by atoms with Gasteiger partial charge in [0.15, 0.2) is 23.5 Å². The Morgan fingerprint density at radius 2 is 1.80 bits per heavy atom. The number of aldehydes is 1. The Kier molecular flexibility index (Phi) is 5.38. The van der Waals surface area contributed by atoms with E-state index in [0.717, 1.165) is 73.4 Å². The zero-order chi connectivity index (χ0) is 27.7. The fraction of sp³-hybridized carbons (Fsp3) is 0.500. The number of carbonyl (C=O) groups is 2. The molecule has 0 atom stereocenters. The monoisotopic (exact) mass is 555 g/mol. The minimum absolute atomic E-state index is 0.00409. The summed E-state index contributed by atoms with van der Waals surface area (Å²) in [6, 6.07) is 0. The number of piperidine rings is 1. The van der Waals surface area contributed by atoms with Crippen molar-refractivity contribution in [1.29, 1.82) is 0 Å². The molecule has 5 fully saturated rings. The molecule has 41 heavy (non-hydrogen) atoms. The smallest absolute Gasteiger partial charge is 0.410 e. The van der Waals surface area contributed by atoms with Gasteiger partial charge in [0.1, 0.15) is 30.1 Å². The molecule has 5 heterocycles. The van der Waals surface area contributed by atoms with Crippen LogP contribution in [0.4, 0.5) is 10.6 Å². The average Bonchev–Trinajstić information content (AvgIpc) is 3.59. The fourth-order valence-electron chi connectivity index (χ4n) is 6.74. The van der Waals surface area contributed by atoms with E-state index >= 15 is 0 Å². The minimum atomic E-state index is -0.454. The van der Waals surface area contributed by atoms with Crippen LogP contribution in [0.3, 0.4) is 0 Å². The van der Waals surface area contributed by atoms with Gasteiger partial charge >= 0.3 is 6.09 Å². The summed E-state index contributed by atoms with van der Waals surface area (Å²) in [5.74, 6) is 2.94. The van der Waals surface area contributed by atoms with Gasteiger partial charge in [-0.2, -0.15) is 5.10 Å². The summed E-state index contributed by atoms with van der Waals surface area (Å²) in [6.07, 6.45) is 12.2. The van der Waals surface area contributed by atoms with Gasteiger partial charge in [-0.25, -0.2) is 29.4 Å². The summed E-state index contributed by atoms with van der Waals surface area (Å²) in [6.45, 7) is 0.874. The highest BCUT2D eigenvalue weighted by Crippen LogP contribution is 2.63. The number of fused-ring (bicyclic) bond motifs is 1. The molecule has 13 heteroatoms. The van der Waals surface area contributed by atoms with Crippen LogP contribution in [-0.4, -0.2) is 71.8 Å². The maximum atomic E-state index is 12.1. The number of anilines is 1. The van der Waals surface area contributed by atoms with Crippen molar-refractivity contribution >= 4 is 29.2 Å². The summed E-state index contributed by atoms with van der Waals surface area (Å²) >= 11 is 0. The first kappa shape index (κ1) is 24.4. The topological polar surface area (TPSA) is 168 Å². The molecule has 210 valence electrons. The van der Waals surface area contributed by atoms with Gasteiger partial charge in [-0.3, -0.25) is 4.79 Å². The highest BCUT2D eigenvalue weighted by atomic mass is 16.6. The molecule has 1 saturated heterocycles. The van der Waals surface area contributed by atoms with Gasteiger partial charge in [0.05, 0.1) is 16.5 Å². The lowest BCUT2D eigenvalue weighted by atomic mass is 9.50. The lowest BCUT2D eigenvalue weighted by Gasteiger charge is -2.61. The number of rotatable bonds is 7. The summed E-state index contributed by atoms with van der Waals surface area (Å²) in [5, 5.41) is 10.3. The van der Waals surface area contributed by atoms with Gasteiger partial charge in [-0.05, 0) is 62.3 Å². The first-order valence-electron chi connectivity index (χ1n) is 14.2. The first-order valence-corrected chi connectivity index (χ1v) is 14.2. The van der Waals surface area contributed by atoms with E-state index in [1.165, 1.54) is 6.33 Å². The summed E-state index contributed by atoms with van der Waals surface area (Å²) in [4.78, 5) is 42.6. The number of aromatic nitrogens is 7. The number of hydrogen-bond donors (Lipinski definition) is 1. The molecular formula is C28H29N9O4. The van der Waals surface area contributed by atoms with Crippen molar-refractivity contribution in [3.63, 3.8) is 0 Å². The normalized spacial score (nSPS) is 23.7. The predicted octanol–water partition coefficient (Wildman–Crippen LogP) is 3.42. The van der Waals surface area contributed by atoms with E-state index in [-0.39, 0.29) is 24.0 Å². The number of carbonyl (C=O) groups excluding carboxylic acids is 2. The Hall–Kier alpha value is -4.42. The van der Waals surface area contributed by atoms with E-state index in [1.54, 1.807) is 4.90 Å². The molecule has 13 nitrogen and oxygen atoms in total. The number of amides is 1. The van der Waals surface area contributed by atoms with Crippen molar-refractivity contribution in [2.45, 2.75) is 62.3 Å². The fourth-order valence-corrected chi connectivity index (χ4v) is 6.74. The molecule has 0 aromatic carbocycles. The van der Waals surface area contributed by atoms with Crippen LogP contribution < -0.4 is 5.73 Å². The number of nitrogens with two attached hydrogens (primary N) is 1. The van der Waals surface area contributed by atoms with Gasteiger partial charge in [0.25, 0.3) is 0 Å². The molecule has 9 rings (SSSR count). The van der Waals surface area contributed by atoms with Crippen molar-refractivity contribution < 1.29 is 18.8 Å². The van der Waals surface area contributed by atoms with E-state index in [4.69, 9.17) is 30.1 Å². The second-order valence-electron chi connectivity index (χ2n) is 11.8. The number of hydrogen-bond acceptors (Lipinski definition) is 11. The molecule has 0 unspecified atom stereocenters. The minimum Gasteiger partial charge on any atom is -0.442 e. The molecule has 1 aliphatic heterocycles. The Morgan fingerprint density at radius 1 is 1.05 bits per heavy atom. The third-order valence-corrected chi connectivity index (χ3v) is 9.23. The van der Waals surface area contributed by atoms with Crippen molar-refractivity contribution in [2.24, 2.45) is 5.92 Å². The summed E-state index contributed by atoms with van der Waals surface area (Å²) in [5.41, 5.74) is 10.1. The number of ether oxygens (including phenoxy) is 1. The van der Waals surface area contributed by atoms with Gasteiger partial charge in [0, 0.05) is 31.4 Å². The third kappa shape index (κ3) is 3.81. The standard InChI is InChI=1S/C28H29N9O4/c29-24-20-21(34-37(26(20)33-14-32-24)28-9-15(10-28)11-28)22-19(23(41-35-22)17-1-2-17)25-30-12-18(13-31-25)16-3-5-36(6-4-16)27(39)40-8-7-38/h7,12-17H,1-6,8-11H2,(H2,29,32,33). The molecule has 0 radical (unpaired) electrons. The van der Waals surface area contributed by atoms with E-state index in [9.17, 15) is 9.59 Å². The van der Waals surface area contributed by atoms with Crippen molar-refractivity contribution in [1.82, 2.24) is 39.8 Å². The Bertz CT molecular complexity index is 1650. The van der Waals surface area contributed by atoms with E-state index < -0.39 is 6.09 Å². The second kappa shape index (κ2) is 9.05. The van der Waals surface area contributed by atoms with E-state index in [1.807, 2.05) is 17.1 Å². The summed E-state index contributed by atoms with van der Waals surface area (Å²) < 4.78 is 12.9. The molecule has 1 amide bonds. The van der Waals surface area contributed by atoms with Crippen LogP contribution in [0.25, 0.3) is 33.8 Å². The lowest BCUT2D eigenvalue weighted by molar-refractivity contribution is -0.110. The molecule has 2 N–H and O–H groups in total. The SMILES string of the molecule is Nc1ncnc2c1c(-c1noc(C3CC3)c1-c1ncc(C3CCN(C(=O)OCC=O)CC3)cn1)nn2C12CC(C1)C2. The van der Waals surface area contributed by atoms with Crippen molar-refractivity contribution in [3.8, 4) is 22.8 Å². The maximum Gasteiger partial charge on any atom is 0.410 e. The Labute approximate surface area is 234 Å². The van der Waals surface area contributed by atoms with Crippen LogP contribution in [0.15, 0.2) is 23.2 Å². The number of nitrogens with zero attached hydrogens (tertiary/aromatic N) is 8. The molecule has 4 aliphatic carbocycles. The summed E-state index contributed by atoms with van der Waals surface area (Å²) in [7, 11) is 0. The number of nitrogen functional groups attached to an aromatic ring is 1. The predicted molar refractivity (Wildman–Crippen MR) is 145 cm³/mol. The Balaban J connectivity index is 1.12. The first-order chi connectivity index (χ1) is 20.0. The largest absolute Gasteiger partial charge is 0.442 e. The van der Waals surface area contributed by atoms with Crippen LogP contribution in [0, 0.1) is 5.92 Å². The number of likely N-dealkylation sites (tertiary alicyclic amines) is 1. The quantitative estimate of drug-likeness (QED) is 0.332. The van der Waals surface area contributed by atoms with Gasteiger partial charge in [-0.1, -0.05) is 5.16 Å². The van der Waals surface area contributed by atoms with Crippen LogP contribution in [-0.2, 0) is 15.1 Å². The third-order valence-electron chi connectivity index (χ3n) is 9.23. The van der Waals surface area contributed by atoms with Crippen LogP contribution in [0.1, 0.15) is 68.1 Å². The van der Waals surface area contributed by atoms with E-state index in [2.05, 4.69) is 15.1 Å². The van der Waals surface area contributed by atoms with Crippen LogP contribution in [0.2, 0.25) is 0 Å². The molecule has 4 saturated carbocycles. The van der Waals surface area contributed by atoms with Crippen molar-refractivity contribution in [3.05, 3.63) is 30.0 Å². The lowest BCUT2D eigenvalue weighted by Crippen LogP contribution is -2.59. The molecule has 0 spiro atoms. The highest BCUT2D eigenvalue weighted by molar-refractivity contribution is 6.00. The highest BCUT2D eigenvalue weighted by Gasteiger charge is 2.59. The van der Waals surface area contributed by atoms with Gasteiger partial charge in [-0.15, -0.1) is 0 Å². The molecular weight excluding hydrogens is 526 g/mol. The van der Waals surface area contributed by atoms with Crippen molar-refractivity contribution in [2.75, 3.05) is 25.4 Å². The zero-order valence-corrected chi connectivity index (χ0v) is 22.4. The van der Waals surface area contributed by atoms with Gasteiger partial charge < -0.3 is 19.9 Å². The average molecular weight is 556 g/mol. The van der Waals surface area contributed by atoms with Crippen LogP contribution >= 0.6 is 0 Å². The zero-order valence-electron chi connectivity index (χ0n) is 22.4. The van der Waals surface area contributed by atoms with Crippen LogP contribution in [0.5, 0.6) is 0 Å². The molecule has 2 bridgehead atoms. The molecule has 4 aromatic heterocycles. The van der Waals surface area contributed by atoms with E-state index in [0.29, 0.717) is 47.8 Å².